The third-order valence-electron chi connectivity index (χ3n) is 1.91. The number of β-amino-alcohol motifs (C(OH)–C–C–N with tert-alkyl or cyclic N) is 2. The van der Waals surface area contributed by atoms with Crippen molar-refractivity contribution in [2.75, 3.05) is 27.2 Å². The van der Waals surface area contributed by atoms with Crippen molar-refractivity contribution in [2.24, 2.45) is 0 Å². The monoisotopic (exact) mass is 174 g/mol. The van der Waals surface area contributed by atoms with Gasteiger partial charge in [-0.25, -0.2) is 4.79 Å². The molecule has 2 atom stereocenters. The average molecular weight is 174 g/mol. The predicted molar refractivity (Wildman–Crippen MR) is 42.7 cm³/mol. The number of carbonyl (C=O) groups excluding carboxylic acids is 1. The Morgan fingerprint density at radius 1 is 1.33 bits per heavy atom. The molecule has 1 aliphatic rings. The van der Waals surface area contributed by atoms with Crippen LogP contribution in [0.3, 0.4) is 0 Å². The molecular formula is C7H14N2O3. The van der Waals surface area contributed by atoms with Crippen molar-refractivity contribution in [1.29, 1.82) is 0 Å². The number of nitrogens with zero attached hydrogens (tertiary/aromatic N) is 2. The van der Waals surface area contributed by atoms with Crippen molar-refractivity contribution >= 4 is 6.03 Å². The van der Waals surface area contributed by atoms with Crippen LogP contribution in [0.2, 0.25) is 0 Å². The predicted octanol–water partition coefficient (Wildman–Crippen LogP) is -1.29. The summed E-state index contributed by atoms with van der Waals surface area (Å²) in [5.74, 6) is 0. The van der Waals surface area contributed by atoms with Crippen LogP contribution in [0.5, 0.6) is 0 Å². The Labute approximate surface area is 71.2 Å². The van der Waals surface area contributed by atoms with Crippen LogP contribution in [0.4, 0.5) is 4.79 Å². The van der Waals surface area contributed by atoms with E-state index in [1.54, 1.807) is 14.1 Å². The Bertz CT molecular complexity index is 173. The van der Waals surface area contributed by atoms with E-state index in [0.29, 0.717) is 0 Å². The summed E-state index contributed by atoms with van der Waals surface area (Å²) >= 11 is 0. The molecule has 0 aromatic carbocycles. The van der Waals surface area contributed by atoms with E-state index in [2.05, 4.69) is 0 Å². The van der Waals surface area contributed by atoms with Gasteiger partial charge in [0.1, 0.15) is 0 Å². The first-order valence-corrected chi connectivity index (χ1v) is 3.84. The van der Waals surface area contributed by atoms with Crippen molar-refractivity contribution in [3.05, 3.63) is 0 Å². The largest absolute Gasteiger partial charge is 0.388 e. The van der Waals surface area contributed by atoms with E-state index in [-0.39, 0.29) is 19.1 Å². The maximum Gasteiger partial charge on any atom is 0.319 e. The van der Waals surface area contributed by atoms with Gasteiger partial charge in [-0.1, -0.05) is 0 Å². The van der Waals surface area contributed by atoms with Crippen LogP contribution in [-0.4, -0.2) is 65.4 Å². The van der Waals surface area contributed by atoms with Crippen LogP contribution in [0.1, 0.15) is 0 Å². The summed E-state index contributed by atoms with van der Waals surface area (Å²) in [4.78, 5) is 14.1. The van der Waals surface area contributed by atoms with Crippen LogP contribution in [0.25, 0.3) is 0 Å². The van der Waals surface area contributed by atoms with E-state index < -0.39 is 12.2 Å². The molecule has 0 spiro atoms. The number of rotatable bonds is 0. The number of likely N-dealkylation sites (tertiary alicyclic amines) is 1. The van der Waals surface area contributed by atoms with Crippen LogP contribution >= 0.6 is 0 Å². The molecule has 2 amide bonds. The number of amides is 2. The van der Waals surface area contributed by atoms with Gasteiger partial charge >= 0.3 is 6.03 Å². The molecule has 5 heteroatoms. The second-order valence-corrected chi connectivity index (χ2v) is 3.22. The average Bonchev–Trinajstić information content (AvgIpc) is 2.30. The van der Waals surface area contributed by atoms with Gasteiger partial charge in [0.05, 0.1) is 25.3 Å². The standard InChI is InChI=1S/C7H14N2O3/c1-8(2)7(12)9-3-5(10)6(11)4-9/h5-6,10-11H,3-4H2,1-2H3/t5-,6+. The molecule has 1 saturated heterocycles. The first-order chi connectivity index (χ1) is 5.52. The van der Waals surface area contributed by atoms with Crippen LogP contribution < -0.4 is 0 Å². The van der Waals surface area contributed by atoms with E-state index in [9.17, 15) is 4.79 Å². The first kappa shape index (κ1) is 9.28. The summed E-state index contributed by atoms with van der Waals surface area (Å²) in [5, 5.41) is 18.3. The Kier molecular flexibility index (Phi) is 2.54. The third kappa shape index (κ3) is 1.67. The minimum absolute atomic E-state index is 0.175. The molecule has 0 bridgehead atoms. The van der Waals surface area contributed by atoms with Crippen molar-refractivity contribution in [3.63, 3.8) is 0 Å². The summed E-state index contributed by atoms with van der Waals surface area (Å²) in [5.41, 5.74) is 0. The third-order valence-corrected chi connectivity index (χ3v) is 1.91. The van der Waals surface area contributed by atoms with Gasteiger partial charge in [0, 0.05) is 14.1 Å². The molecule has 1 aliphatic heterocycles. The summed E-state index contributed by atoms with van der Waals surface area (Å²) < 4.78 is 0. The van der Waals surface area contributed by atoms with Gasteiger partial charge in [-0.15, -0.1) is 0 Å². The van der Waals surface area contributed by atoms with Crippen LogP contribution in [-0.2, 0) is 0 Å². The fraction of sp³-hybridized carbons (Fsp3) is 0.857. The lowest BCUT2D eigenvalue weighted by Gasteiger charge is -2.20. The van der Waals surface area contributed by atoms with E-state index in [4.69, 9.17) is 10.2 Å². The van der Waals surface area contributed by atoms with Crippen molar-refractivity contribution in [2.45, 2.75) is 12.2 Å². The summed E-state index contributed by atoms with van der Waals surface area (Å²) in [7, 11) is 3.28. The van der Waals surface area contributed by atoms with E-state index in [1.807, 2.05) is 0 Å². The quantitative estimate of drug-likeness (QED) is 0.480. The van der Waals surface area contributed by atoms with E-state index >= 15 is 0 Å². The normalized spacial score (nSPS) is 29.2. The van der Waals surface area contributed by atoms with Gasteiger partial charge in [0.2, 0.25) is 0 Å². The highest BCUT2D eigenvalue weighted by molar-refractivity contribution is 5.74. The second kappa shape index (κ2) is 3.28. The lowest BCUT2D eigenvalue weighted by molar-refractivity contribution is 0.0572. The van der Waals surface area contributed by atoms with Gasteiger partial charge in [0.25, 0.3) is 0 Å². The molecule has 0 aromatic rings. The Balaban J connectivity index is 2.52. The minimum Gasteiger partial charge on any atom is -0.388 e. The van der Waals surface area contributed by atoms with Gasteiger partial charge in [-0.3, -0.25) is 0 Å². The van der Waals surface area contributed by atoms with Crippen molar-refractivity contribution < 1.29 is 15.0 Å². The zero-order valence-corrected chi connectivity index (χ0v) is 7.27. The topological polar surface area (TPSA) is 64.0 Å². The number of aliphatic hydroxyl groups excluding tert-OH is 2. The fourth-order valence-electron chi connectivity index (χ4n) is 1.21. The van der Waals surface area contributed by atoms with Gasteiger partial charge < -0.3 is 20.0 Å². The number of aliphatic hydroxyl groups is 2. The second-order valence-electron chi connectivity index (χ2n) is 3.22. The van der Waals surface area contributed by atoms with E-state index in [0.717, 1.165) is 0 Å². The SMILES string of the molecule is CN(C)C(=O)N1C[C@@H](O)[C@@H](O)C1. The maximum atomic E-state index is 11.3. The lowest BCUT2D eigenvalue weighted by Crippen LogP contribution is -2.38. The van der Waals surface area contributed by atoms with Gasteiger partial charge in [-0.05, 0) is 0 Å². The lowest BCUT2D eigenvalue weighted by atomic mass is 10.3. The molecular weight excluding hydrogens is 160 g/mol. The molecule has 1 heterocycles. The molecule has 1 fully saturated rings. The van der Waals surface area contributed by atoms with Crippen LogP contribution in [0, 0.1) is 0 Å². The number of hydrogen-bond acceptors (Lipinski definition) is 3. The molecule has 0 aromatic heterocycles. The zero-order chi connectivity index (χ0) is 9.30. The summed E-state index contributed by atoms with van der Waals surface area (Å²) in [6.07, 6.45) is -1.59. The molecule has 0 saturated carbocycles. The van der Waals surface area contributed by atoms with Gasteiger partial charge in [0.15, 0.2) is 0 Å². The first-order valence-electron chi connectivity index (χ1n) is 3.84. The Morgan fingerprint density at radius 2 is 1.75 bits per heavy atom. The fourth-order valence-corrected chi connectivity index (χ4v) is 1.21. The highest BCUT2D eigenvalue weighted by atomic mass is 16.3. The highest BCUT2D eigenvalue weighted by Crippen LogP contribution is 2.10. The molecule has 1 rings (SSSR count). The Morgan fingerprint density at radius 3 is 2.08 bits per heavy atom. The molecule has 5 nitrogen and oxygen atoms in total. The molecule has 0 radical (unpaired) electrons. The maximum absolute atomic E-state index is 11.3. The summed E-state index contributed by atoms with van der Waals surface area (Å²) in [6, 6.07) is -0.175. The number of urea groups is 1. The van der Waals surface area contributed by atoms with E-state index in [1.165, 1.54) is 9.80 Å². The number of hydrogen-bond donors (Lipinski definition) is 2. The summed E-state index contributed by atoms with van der Waals surface area (Å²) in [6.45, 7) is 0.441. The molecule has 0 unspecified atom stereocenters. The van der Waals surface area contributed by atoms with Gasteiger partial charge in [-0.2, -0.15) is 0 Å². The number of carbonyl (C=O) groups is 1. The highest BCUT2D eigenvalue weighted by Gasteiger charge is 2.32. The Hall–Kier alpha value is -0.810. The molecule has 0 aliphatic carbocycles. The van der Waals surface area contributed by atoms with Crippen molar-refractivity contribution in [3.8, 4) is 0 Å². The minimum atomic E-state index is -0.797. The smallest absolute Gasteiger partial charge is 0.319 e. The molecule has 12 heavy (non-hydrogen) atoms. The molecule has 70 valence electrons. The van der Waals surface area contributed by atoms with Crippen molar-refractivity contribution in [1.82, 2.24) is 9.80 Å². The van der Waals surface area contributed by atoms with Crippen LogP contribution in [0.15, 0.2) is 0 Å². The zero-order valence-electron chi connectivity index (χ0n) is 7.27. The molecule has 2 N–H and O–H groups in total.